The molecule has 0 heterocycles. The molecule has 0 radical (unpaired) electrons. The zero-order chi connectivity index (χ0) is 15.6. The number of nitrogens with two attached hydrogens (primary N) is 1. The molecule has 112 valence electrons. The molecule has 0 bridgehead atoms. The summed E-state index contributed by atoms with van der Waals surface area (Å²) in [6.45, 7) is 1.98. The van der Waals surface area contributed by atoms with Crippen LogP contribution in [0.5, 0.6) is 0 Å². The molecule has 0 saturated heterocycles. The fraction of sp³-hybridized carbons (Fsp3) is 0.250. The first kappa shape index (κ1) is 16.1. The predicted molar refractivity (Wildman–Crippen MR) is 82.0 cm³/mol. The fourth-order valence-electron chi connectivity index (χ4n) is 2.32. The second-order valence-corrected chi connectivity index (χ2v) is 5.83. The maximum Gasteiger partial charge on any atom is 0.129 e. The number of hydrogen-bond acceptors (Lipinski definition) is 2. The highest BCUT2D eigenvalue weighted by molar-refractivity contribution is 9.10. The van der Waals surface area contributed by atoms with Gasteiger partial charge in [0, 0.05) is 23.0 Å². The van der Waals surface area contributed by atoms with Crippen LogP contribution in [0.15, 0.2) is 40.9 Å². The van der Waals surface area contributed by atoms with Crippen molar-refractivity contribution in [3.8, 4) is 0 Å². The van der Waals surface area contributed by atoms with Gasteiger partial charge in [-0.25, -0.2) is 8.78 Å². The van der Waals surface area contributed by atoms with Crippen LogP contribution >= 0.6 is 15.9 Å². The largest absolute Gasteiger partial charge is 0.388 e. The Balaban J connectivity index is 2.40. The minimum Gasteiger partial charge on any atom is -0.388 e. The average molecular weight is 356 g/mol. The normalized spacial score (nSPS) is 14.0. The Kier molecular flexibility index (Phi) is 5.08. The second-order valence-electron chi connectivity index (χ2n) is 4.98. The number of aliphatic hydroxyl groups is 1. The molecule has 0 amide bonds. The first-order valence-corrected chi connectivity index (χ1v) is 7.32. The summed E-state index contributed by atoms with van der Waals surface area (Å²) in [5.74, 6) is -2.00. The summed E-state index contributed by atoms with van der Waals surface area (Å²) in [6, 6.07) is 8.79. The fourth-order valence-corrected chi connectivity index (χ4v) is 3.04. The molecule has 3 N–H and O–H groups in total. The van der Waals surface area contributed by atoms with Crippen molar-refractivity contribution < 1.29 is 13.9 Å². The van der Waals surface area contributed by atoms with E-state index in [0.717, 1.165) is 22.2 Å². The lowest BCUT2D eigenvalue weighted by Gasteiger charge is -2.24. The Labute approximate surface area is 130 Å². The first-order chi connectivity index (χ1) is 9.93. The zero-order valence-corrected chi connectivity index (χ0v) is 13.1. The van der Waals surface area contributed by atoms with E-state index in [9.17, 15) is 13.9 Å². The molecule has 0 saturated carbocycles. The van der Waals surface area contributed by atoms with Crippen LogP contribution in [0.25, 0.3) is 0 Å². The van der Waals surface area contributed by atoms with Crippen molar-refractivity contribution >= 4 is 15.9 Å². The standard InChI is InChI=1S/C16H16BrF2NO/c1-9-2-4-12(14(17)6-9)16(21)13(8-20)11-5-3-10(18)7-15(11)19/h2-7,13,16,21H,8,20H2,1H3. The monoisotopic (exact) mass is 355 g/mol. The third-order valence-electron chi connectivity index (χ3n) is 3.47. The van der Waals surface area contributed by atoms with E-state index in [0.29, 0.717) is 5.56 Å². The number of aliphatic hydroxyl groups excluding tert-OH is 1. The SMILES string of the molecule is Cc1ccc(C(O)C(CN)c2ccc(F)cc2F)c(Br)c1. The van der Waals surface area contributed by atoms with Crippen LogP contribution in [0, 0.1) is 18.6 Å². The Morgan fingerprint density at radius 2 is 1.81 bits per heavy atom. The quantitative estimate of drug-likeness (QED) is 0.875. The van der Waals surface area contributed by atoms with Gasteiger partial charge >= 0.3 is 0 Å². The van der Waals surface area contributed by atoms with E-state index in [1.807, 2.05) is 19.1 Å². The minimum absolute atomic E-state index is 0.0457. The van der Waals surface area contributed by atoms with Gasteiger partial charge in [0.05, 0.1) is 6.10 Å². The molecule has 0 aliphatic heterocycles. The van der Waals surface area contributed by atoms with Crippen LogP contribution in [0.3, 0.4) is 0 Å². The van der Waals surface area contributed by atoms with Gasteiger partial charge in [-0.05, 0) is 35.7 Å². The Hall–Kier alpha value is -1.30. The van der Waals surface area contributed by atoms with Crippen LogP contribution in [0.1, 0.15) is 28.7 Å². The highest BCUT2D eigenvalue weighted by atomic mass is 79.9. The molecular weight excluding hydrogens is 340 g/mol. The maximum absolute atomic E-state index is 13.9. The van der Waals surface area contributed by atoms with Gasteiger partial charge in [-0.2, -0.15) is 0 Å². The molecule has 0 fully saturated rings. The summed E-state index contributed by atoms with van der Waals surface area (Å²) in [7, 11) is 0. The van der Waals surface area contributed by atoms with Gasteiger partial charge in [-0.1, -0.05) is 34.1 Å². The lowest BCUT2D eigenvalue weighted by Crippen LogP contribution is -2.21. The van der Waals surface area contributed by atoms with E-state index in [1.165, 1.54) is 6.07 Å². The lowest BCUT2D eigenvalue weighted by molar-refractivity contribution is 0.145. The van der Waals surface area contributed by atoms with Crippen molar-refractivity contribution in [2.75, 3.05) is 6.54 Å². The minimum atomic E-state index is -0.982. The van der Waals surface area contributed by atoms with Gasteiger partial charge in [0.15, 0.2) is 0 Å². The third-order valence-corrected chi connectivity index (χ3v) is 4.16. The second kappa shape index (κ2) is 6.64. The van der Waals surface area contributed by atoms with Crippen molar-refractivity contribution in [1.82, 2.24) is 0 Å². The molecule has 0 aromatic heterocycles. The van der Waals surface area contributed by atoms with E-state index < -0.39 is 23.7 Å². The molecule has 2 aromatic carbocycles. The van der Waals surface area contributed by atoms with Crippen molar-refractivity contribution in [1.29, 1.82) is 0 Å². The van der Waals surface area contributed by atoms with E-state index in [-0.39, 0.29) is 12.1 Å². The molecule has 2 aromatic rings. The summed E-state index contributed by atoms with van der Waals surface area (Å²) >= 11 is 3.39. The number of benzene rings is 2. The molecule has 0 aliphatic rings. The van der Waals surface area contributed by atoms with Crippen LogP contribution in [-0.4, -0.2) is 11.7 Å². The number of hydrogen-bond donors (Lipinski definition) is 2. The van der Waals surface area contributed by atoms with Crippen LogP contribution < -0.4 is 5.73 Å². The van der Waals surface area contributed by atoms with E-state index in [1.54, 1.807) is 6.07 Å². The van der Waals surface area contributed by atoms with Gasteiger partial charge in [-0.15, -0.1) is 0 Å². The number of halogens is 3. The molecule has 2 nitrogen and oxygen atoms in total. The summed E-state index contributed by atoms with van der Waals surface area (Å²) < 4.78 is 27.6. The lowest BCUT2D eigenvalue weighted by atomic mass is 9.88. The molecule has 21 heavy (non-hydrogen) atoms. The zero-order valence-electron chi connectivity index (χ0n) is 11.5. The highest BCUT2D eigenvalue weighted by Gasteiger charge is 2.25. The number of aryl methyl sites for hydroxylation is 1. The Bertz CT molecular complexity index is 648. The van der Waals surface area contributed by atoms with E-state index in [4.69, 9.17) is 5.73 Å². The Morgan fingerprint density at radius 3 is 2.38 bits per heavy atom. The predicted octanol–water partition coefficient (Wildman–Crippen LogP) is 3.81. The van der Waals surface area contributed by atoms with Crippen molar-refractivity contribution in [2.45, 2.75) is 18.9 Å². The maximum atomic E-state index is 13.9. The first-order valence-electron chi connectivity index (χ1n) is 6.53. The summed E-state index contributed by atoms with van der Waals surface area (Å²) in [4.78, 5) is 0. The van der Waals surface area contributed by atoms with Crippen LogP contribution in [0.2, 0.25) is 0 Å². The molecule has 0 aliphatic carbocycles. The highest BCUT2D eigenvalue weighted by Crippen LogP contribution is 2.35. The van der Waals surface area contributed by atoms with Crippen LogP contribution in [-0.2, 0) is 0 Å². The van der Waals surface area contributed by atoms with Gasteiger partial charge in [0.2, 0.25) is 0 Å². The van der Waals surface area contributed by atoms with Crippen molar-refractivity contribution in [3.63, 3.8) is 0 Å². The summed E-state index contributed by atoms with van der Waals surface area (Å²) in [6.07, 6.45) is -0.982. The molecule has 0 spiro atoms. The summed E-state index contributed by atoms with van der Waals surface area (Å²) in [5, 5.41) is 10.5. The van der Waals surface area contributed by atoms with Gasteiger partial charge < -0.3 is 10.8 Å². The Morgan fingerprint density at radius 1 is 1.14 bits per heavy atom. The van der Waals surface area contributed by atoms with E-state index >= 15 is 0 Å². The third kappa shape index (κ3) is 3.48. The van der Waals surface area contributed by atoms with Crippen LogP contribution in [0.4, 0.5) is 8.78 Å². The van der Waals surface area contributed by atoms with Gasteiger partial charge in [0.1, 0.15) is 11.6 Å². The molecular formula is C16H16BrF2NO. The smallest absolute Gasteiger partial charge is 0.129 e. The number of rotatable bonds is 4. The van der Waals surface area contributed by atoms with E-state index in [2.05, 4.69) is 15.9 Å². The topological polar surface area (TPSA) is 46.2 Å². The molecule has 2 atom stereocenters. The average Bonchev–Trinajstić information content (AvgIpc) is 2.41. The van der Waals surface area contributed by atoms with Crippen molar-refractivity contribution in [3.05, 3.63) is 69.2 Å². The summed E-state index contributed by atoms with van der Waals surface area (Å²) in [5.41, 5.74) is 7.56. The van der Waals surface area contributed by atoms with Gasteiger partial charge in [0.25, 0.3) is 0 Å². The molecule has 2 unspecified atom stereocenters. The van der Waals surface area contributed by atoms with Crippen molar-refractivity contribution in [2.24, 2.45) is 5.73 Å². The van der Waals surface area contributed by atoms with Gasteiger partial charge in [-0.3, -0.25) is 0 Å². The molecule has 2 rings (SSSR count). The molecule has 5 heteroatoms.